The van der Waals surface area contributed by atoms with Gasteiger partial charge in [-0.05, 0) is 0 Å². The Morgan fingerprint density at radius 2 is 1.64 bits per heavy atom. The molecule has 2 aromatic carbocycles. The first kappa shape index (κ1) is 24.7. The van der Waals surface area contributed by atoms with E-state index in [4.69, 9.17) is 9.16 Å². The number of hydrogen-bond donors (Lipinski definition) is 0. The van der Waals surface area contributed by atoms with Crippen molar-refractivity contribution in [1.29, 1.82) is 0 Å². The molecular formula is C27H37NO3SeSi. The van der Waals surface area contributed by atoms with E-state index >= 15 is 0 Å². The van der Waals surface area contributed by atoms with Crippen LogP contribution < -0.4 is 4.46 Å². The van der Waals surface area contributed by atoms with E-state index < -0.39 is 8.32 Å². The minimum atomic E-state index is -1.92. The molecule has 178 valence electrons. The Bertz CT molecular complexity index is 931. The Labute approximate surface area is 206 Å². The van der Waals surface area contributed by atoms with Crippen LogP contribution in [0.15, 0.2) is 60.7 Å². The molecule has 1 amide bonds. The SMILES string of the molecule is CC(C)(C)[Si](C)(C)O[C@@H]1C[C@@H]([Se]c2ccccc2)[C@@H]2C[C@@H](OCc3ccccc3)C(=O)N2C1. The number of piperidine rings is 1. The van der Waals surface area contributed by atoms with Gasteiger partial charge in [-0.2, -0.15) is 0 Å². The van der Waals surface area contributed by atoms with Crippen molar-refractivity contribution in [3.8, 4) is 0 Å². The molecule has 2 aliphatic rings. The number of ether oxygens (including phenoxy) is 1. The van der Waals surface area contributed by atoms with Crippen LogP contribution in [0, 0.1) is 0 Å². The van der Waals surface area contributed by atoms with Crippen molar-refractivity contribution in [2.75, 3.05) is 6.54 Å². The molecule has 2 aromatic rings. The van der Waals surface area contributed by atoms with E-state index in [1.54, 1.807) is 0 Å². The number of fused-ring (bicyclic) bond motifs is 1. The number of benzene rings is 2. The molecule has 0 N–H and O–H groups in total. The van der Waals surface area contributed by atoms with Gasteiger partial charge < -0.3 is 0 Å². The first-order chi connectivity index (χ1) is 15.6. The number of carbonyl (C=O) groups excluding carboxylic acids is 1. The molecule has 2 aliphatic heterocycles. The summed E-state index contributed by atoms with van der Waals surface area (Å²) < 4.78 is 14.4. The van der Waals surface area contributed by atoms with Crippen molar-refractivity contribution in [1.82, 2.24) is 4.90 Å². The van der Waals surface area contributed by atoms with Crippen LogP contribution in [0.25, 0.3) is 0 Å². The third-order valence-electron chi connectivity index (χ3n) is 7.33. The van der Waals surface area contributed by atoms with Gasteiger partial charge in [0.15, 0.2) is 0 Å². The average Bonchev–Trinajstić information content (AvgIpc) is 3.09. The second-order valence-electron chi connectivity index (χ2n) is 10.8. The number of hydrogen-bond acceptors (Lipinski definition) is 3. The topological polar surface area (TPSA) is 38.8 Å². The van der Waals surface area contributed by atoms with Crippen LogP contribution in [0.1, 0.15) is 39.2 Å². The third kappa shape index (κ3) is 5.80. The van der Waals surface area contributed by atoms with Crippen molar-refractivity contribution >= 4 is 33.6 Å². The summed E-state index contributed by atoms with van der Waals surface area (Å²) in [4.78, 5) is 16.0. The van der Waals surface area contributed by atoms with Crippen LogP contribution in [-0.2, 0) is 20.6 Å². The summed E-state index contributed by atoms with van der Waals surface area (Å²) in [6, 6.07) is 21.1. The summed E-state index contributed by atoms with van der Waals surface area (Å²) in [6.45, 7) is 12.7. The van der Waals surface area contributed by atoms with Gasteiger partial charge in [-0.25, -0.2) is 0 Å². The van der Waals surface area contributed by atoms with Crippen LogP contribution in [-0.4, -0.2) is 58.9 Å². The molecule has 0 unspecified atom stereocenters. The van der Waals surface area contributed by atoms with Crippen molar-refractivity contribution in [2.24, 2.45) is 0 Å². The number of amides is 1. The van der Waals surface area contributed by atoms with Crippen molar-refractivity contribution in [2.45, 2.75) is 81.4 Å². The molecule has 6 heteroatoms. The van der Waals surface area contributed by atoms with E-state index in [0.717, 1.165) is 18.4 Å². The van der Waals surface area contributed by atoms with E-state index in [2.05, 4.69) is 81.2 Å². The molecule has 4 rings (SSSR count). The fraction of sp³-hybridized carbons (Fsp3) is 0.519. The van der Waals surface area contributed by atoms with E-state index in [-0.39, 0.29) is 44.2 Å². The molecule has 4 atom stereocenters. The molecule has 0 saturated carbocycles. The molecule has 0 spiro atoms. The molecule has 0 bridgehead atoms. The van der Waals surface area contributed by atoms with E-state index in [0.29, 0.717) is 18.0 Å². The minimum absolute atomic E-state index is 0.106. The Balaban J connectivity index is 1.51. The van der Waals surface area contributed by atoms with Crippen LogP contribution >= 0.6 is 0 Å². The summed E-state index contributed by atoms with van der Waals surface area (Å²) in [6.07, 6.45) is 1.57. The van der Waals surface area contributed by atoms with Gasteiger partial charge in [-0.15, -0.1) is 0 Å². The first-order valence-electron chi connectivity index (χ1n) is 12.0. The van der Waals surface area contributed by atoms with E-state index in [1.165, 1.54) is 4.46 Å². The van der Waals surface area contributed by atoms with Gasteiger partial charge in [0.05, 0.1) is 0 Å². The summed E-state index contributed by atoms with van der Waals surface area (Å²) in [5.74, 6) is 0.147. The monoisotopic (exact) mass is 531 g/mol. The van der Waals surface area contributed by atoms with Crippen LogP contribution in [0.2, 0.25) is 22.9 Å². The van der Waals surface area contributed by atoms with Gasteiger partial charge in [-0.1, -0.05) is 0 Å². The van der Waals surface area contributed by atoms with Gasteiger partial charge >= 0.3 is 207 Å². The normalized spacial score (nSPS) is 25.8. The molecule has 2 heterocycles. The molecule has 2 fully saturated rings. The molecule has 0 aliphatic carbocycles. The maximum atomic E-state index is 13.4. The van der Waals surface area contributed by atoms with Gasteiger partial charge in [0.1, 0.15) is 0 Å². The second-order valence-corrected chi connectivity index (χ2v) is 18.3. The van der Waals surface area contributed by atoms with Gasteiger partial charge in [-0.3, -0.25) is 0 Å². The molecular weight excluding hydrogens is 493 g/mol. The summed E-state index contributed by atoms with van der Waals surface area (Å²) in [5.41, 5.74) is 1.11. The Kier molecular flexibility index (Phi) is 7.52. The van der Waals surface area contributed by atoms with Crippen LogP contribution in [0.4, 0.5) is 0 Å². The predicted molar refractivity (Wildman–Crippen MR) is 137 cm³/mol. The van der Waals surface area contributed by atoms with Crippen molar-refractivity contribution in [3.05, 3.63) is 66.2 Å². The Hall–Kier alpha value is -1.43. The molecule has 33 heavy (non-hydrogen) atoms. The zero-order valence-electron chi connectivity index (χ0n) is 20.5. The summed E-state index contributed by atoms with van der Waals surface area (Å²) >= 11 is 0.286. The van der Waals surface area contributed by atoms with Gasteiger partial charge in [0, 0.05) is 0 Å². The predicted octanol–water partition coefficient (Wildman–Crippen LogP) is 4.79. The first-order valence-corrected chi connectivity index (χ1v) is 16.7. The zero-order valence-corrected chi connectivity index (χ0v) is 23.2. The average molecular weight is 531 g/mol. The fourth-order valence-corrected chi connectivity index (χ4v) is 8.75. The summed E-state index contributed by atoms with van der Waals surface area (Å²) in [5, 5.41) is 0.153. The fourth-order valence-electron chi connectivity index (χ4n) is 4.47. The van der Waals surface area contributed by atoms with Crippen LogP contribution in [0.5, 0.6) is 0 Å². The van der Waals surface area contributed by atoms with E-state index in [9.17, 15) is 4.79 Å². The number of nitrogens with zero attached hydrogens (tertiary/aromatic N) is 1. The Morgan fingerprint density at radius 1 is 1.00 bits per heavy atom. The van der Waals surface area contributed by atoms with Crippen molar-refractivity contribution < 1.29 is 14.0 Å². The van der Waals surface area contributed by atoms with Gasteiger partial charge in [0.2, 0.25) is 0 Å². The quantitative estimate of drug-likeness (QED) is 0.484. The Morgan fingerprint density at radius 3 is 2.27 bits per heavy atom. The maximum absolute atomic E-state index is 13.4. The molecule has 0 radical (unpaired) electrons. The second kappa shape index (κ2) is 10.0. The van der Waals surface area contributed by atoms with Crippen LogP contribution in [0.3, 0.4) is 0 Å². The van der Waals surface area contributed by atoms with Crippen molar-refractivity contribution in [3.63, 3.8) is 0 Å². The number of carbonyl (C=O) groups is 1. The zero-order chi connectivity index (χ0) is 23.6. The molecule has 4 nitrogen and oxygen atoms in total. The number of rotatable bonds is 7. The molecule has 2 saturated heterocycles. The van der Waals surface area contributed by atoms with E-state index in [1.807, 2.05) is 18.2 Å². The summed E-state index contributed by atoms with van der Waals surface area (Å²) in [7, 11) is -1.92. The third-order valence-corrected chi connectivity index (χ3v) is 14.7. The standard InChI is InChI=1S/C27H37NO3SeSi/c1-27(2,3)33(4,5)31-21-16-25(32-22-14-10-7-11-15-22)23-17-24(26(29)28(23)18-21)30-19-20-12-8-6-9-13-20/h6-15,21,23-25H,16-19H2,1-5H3/t21-,23+,24-,25-/m1/s1. The van der Waals surface area contributed by atoms with Gasteiger partial charge in [0.25, 0.3) is 0 Å². The molecule has 0 aromatic heterocycles.